The molecule has 1 aliphatic carbocycles. The van der Waals surface area contributed by atoms with Crippen molar-refractivity contribution in [3.05, 3.63) is 48.2 Å². The van der Waals surface area contributed by atoms with Gasteiger partial charge in [0.05, 0.1) is 19.3 Å². The van der Waals surface area contributed by atoms with E-state index in [2.05, 4.69) is 27.4 Å². The molecule has 0 radical (unpaired) electrons. The summed E-state index contributed by atoms with van der Waals surface area (Å²) < 4.78 is 5.91. The van der Waals surface area contributed by atoms with Crippen molar-refractivity contribution >= 4 is 11.8 Å². The monoisotopic (exact) mass is 314 g/mol. The van der Waals surface area contributed by atoms with E-state index in [1.165, 1.54) is 5.56 Å². The van der Waals surface area contributed by atoms with Gasteiger partial charge in [0.25, 0.3) is 0 Å². The summed E-state index contributed by atoms with van der Waals surface area (Å²) in [5.41, 5.74) is 6.58. The first kappa shape index (κ1) is 15.7. The molecule has 1 saturated carbocycles. The van der Waals surface area contributed by atoms with Crippen LogP contribution in [0.15, 0.2) is 42.6 Å². The van der Waals surface area contributed by atoms with Crippen LogP contribution in [0.1, 0.15) is 18.4 Å². The second-order valence-electron chi connectivity index (χ2n) is 6.14. The molecule has 1 aromatic heterocycles. The summed E-state index contributed by atoms with van der Waals surface area (Å²) in [7, 11) is 0. The summed E-state index contributed by atoms with van der Waals surface area (Å²) in [5, 5.41) is 12.9. The Bertz CT molecular complexity index is 630. The molecule has 4 N–H and O–H groups in total. The first-order valence-electron chi connectivity index (χ1n) is 7.78. The van der Waals surface area contributed by atoms with Crippen molar-refractivity contribution in [1.82, 2.24) is 9.97 Å². The highest BCUT2D eigenvalue weighted by Crippen LogP contribution is 2.42. The van der Waals surface area contributed by atoms with E-state index in [-0.39, 0.29) is 24.1 Å². The Morgan fingerprint density at radius 1 is 1.26 bits per heavy atom. The maximum absolute atomic E-state index is 9.72. The number of nitrogen functional groups attached to an aromatic ring is 1. The zero-order chi connectivity index (χ0) is 16.1. The van der Waals surface area contributed by atoms with Gasteiger partial charge < -0.3 is 20.9 Å². The van der Waals surface area contributed by atoms with E-state index in [4.69, 9.17) is 10.5 Å². The molecule has 0 saturated heterocycles. The average molecular weight is 314 g/mol. The first-order chi connectivity index (χ1) is 11.2. The normalized spacial score (nSPS) is 23.3. The van der Waals surface area contributed by atoms with Gasteiger partial charge in [-0.25, -0.2) is 4.98 Å². The number of aliphatic hydroxyl groups excluding tert-OH is 1. The van der Waals surface area contributed by atoms with Gasteiger partial charge in [-0.05, 0) is 24.5 Å². The highest BCUT2D eigenvalue weighted by molar-refractivity contribution is 5.37. The summed E-state index contributed by atoms with van der Waals surface area (Å²) in [6.45, 7) is 1.39. The number of rotatable bonds is 7. The van der Waals surface area contributed by atoms with Gasteiger partial charge in [0, 0.05) is 18.2 Å². The van der Waals surface area contributed by atoms with Gasteiger partial charge in [0.1, 0.15) is 5.82 Å². The molecule has 0 bridgehead atoms. The van der Waals surface area contributed by atoms with E-state index in [1.807, 2.05) is 18.2 Å². The van der Waals surface area contributed by atoms with Crippen molar-refractivity contribution in [2.24, 2.45) is 5.41 Å². The number of aliphatic hydroxyl groups is 1. The molecule has 0 spiro atoms. The Morgan fingerprint density at radius 2 is 2.04 bits per heavy atom. The lowest BCUT2D eigenvalue weighted by atomic mass is 9.67. The second kappa shape index (κ2) is 6.93. The van der Waals surface area contributed by atoms with Crippen molar-refractivity contribution in [2.75, 3.05) is 24.2 Å². The number of nitrogens with one attached hydrogen (secondary N) is 1. The standard InChI is InChI=1S/C17H22N4O2/c18-16-19-7-6-15(21-16)20-11-17(12-22)8-14(9-17)23-10-13-4-2-1-3-5-13/h1-7,14,22H,8-12H2,(H3,18,19,20,21). The van der Waals surface area contributed by atoms with E-state index in [9.17, 15) is 5.11 Å². The van der Waals surface area contributed by atoms with Crippen LogP contribution in [-0.2, 0) is 11.3 Å². The van der Waals surface area contributed by atoms with Crippen molar-refractivity contribution in [1.29, 1.82) is 0 Å². The fourth-order valence-corrected chi connectivity index (χ4v) is 2.89. The Morgan fingerprint density at radius 3 is 2.74 bits per heavy atom. The second-order valence-corrected chi connectivity index (χ2v) is 6.14. The summed E-state index contributed by atoms with van der Waals surface area (Å²) in [4.78, 5) is 7.97. The van der Waals surface area contributed by atoms with Crippen LogP contribution in [-0.4, -0.2) is 34.3 Å². The van der Waals surface area contributed by atoms with Gasteiger partial charge in [-0.3, -0.25) is 0 Å². The van der Waals surface area contributed by atoms with E-state index in [0.29, 0.717) is 19.0 Å². The number of ether oxygens (including phenoxy) is 1. The van der Waals surface area contributed by atoms with E-state index in [1.54, 1.807) is 12.3 Å². The topological polar surface area (TPSA) is 93.3 Å². The Hall–Kier alpha value is -2.18. The minimum Gasteiger partial charge on any atom is -0.396 e. The van der Waals surface area contributed by atoms with Crippen LogP contribution in [0.2, 0.25) is 0 Å². The van der Waals surface area contributed by atoms with Crippen molar-refractivity contribution < 1.29 is 9.84 Å². The zero-order valence-corrected chi connectivity index (χ0v) is 13.0. The number of hydrogen-bond acceptors (Lipinski definition) is 6. The van der Waals surface area contributed by atoms with Gasteiger partial charge in [-0.2, -0.15) is 4.98 Å². The molecule has 1 fully saturated rings. The smallest absolute Gasteiger partial charge is 0.221 e. The molecule has 0 unspecified atom stereocenters. The number of nitrogens with two attached hydrogens (primary N) is 1. The Balaban J connectivity index is 1.46. The molecule has 3 rings (SSSR count). The Labute approximate surface area is 135 Å². The molecule has 2 aromatic rings. The average Bonchev–Trinajstić information content (AvgIpc) is 2.54. The number of anilines is 2. The molecule has 1 heterocycles. The van der Waals surface area contributed by atoms with Crippen molar-refractivity contribution in [2.45, 2.75) is 25.6 Å². The highest BCUT2D eigenvalue weighted by Gasteiger charge is 2.44. The molecule has 0 amide bonds. The van der Waals surface area contributed by atoms with Crippen LogP contribution < -0.4 is 11.1 Å². The predicted octanol–water partition coefficient (Wildman–Crippen LogP) is 1.83. The van der Waals surface area contributed by atoms with Crippen molar-refractivity contribution in [3.63, 3.8) is 0 Å². The molecule has 6 nitrogen and oxygen atoms in total. The maximum Gasteiger partial charge on any atom is 0.221 e. The van der Waals surface area contributed by atoms with Crippen LogP contribution in [0, 0.1) is 5.41 Å². The molecule has 0 atom stereocenters. The summed E-state index contributed by atoms with van der Waals surface area (Å²) in [5.74, 6) is 0.921. The van der Waals surface area contributed by atoms with E-state index in [0.717, 1.165) is 12.8 Å². The molecule has 0 aliphatic heterocycles. The Kier molecular flexibility index (Phi) is 4.73. The minimum absolute atomic E-state index is 0.131. The van der Waals surface area contributed by atoms with Crippen LogP contribution in [0.4, 0.5) is 11.8 Å². The third-order valence-electron chi connectivity index (χ3n) is 4.30. The molecular weight excluding hydrogens is 292 g/mol. The van der Waals surface area contributed by atoms with Crippen molar-refractivity contribution in [3.8, 4) is 0 Å². The molecule has 1 aliphatic rings. The summed E-state index contributed by atoms with van der Waals surface area (Å²) >= 11 is 0. The zero-order valence-electron chi connectivity index (χ0n) is 13.0. The lowest BCUT2D eigenvalue weighted by Crippen LogP contribution is -2.49. The molecule has 122 valence electrons. The number of aromatic nitrogens is 2. The fourth-order valence-electron chi connectivity index (χ4n) is 2.89. The highest BCUT2D eigenvalue weighted by atomic mass is 16.5. The van der Waals surface area contributed by atoms with Crippen LogP contribution in [0.25, 0.3) is 0 Å². The largest absolute Gasteiger partial charge is 0.396 e. The maximum atomic E-state index is 9.72. The lowest BCUT2D eigenvalue weighted by molar-refractivity contribution is -0.102. The fraction of sp³-hybridized carbons (Fsp3) is 0.412. The van der Waals surface area contributed by atoms with Gasteiger partial charge in [-0.15, -0.1) is 0 Å². The van der Waals surface area contributed by atoms with E-state index < -0.39 is 0 Å². The van der Waals surface area contributed by atoms with Crippen LogP contribution >= 0.6 is 0 Å². The summed E-state index contributed by atoms with van der Waals surface area (Å²) in [6, 6.07) is 11.9. The summed E-state index contributed by atoms with van der Waals surface area (Å²) in [6.07, 6.45) is 3.48. The molecule has 23 heavy (non-hydrogen) atoms. The quantitative estimate of drug-likeness (QED) is 0.722. The third-order valence-corrected chi connectivity index (χ3v) is 4.30. The molecule has 1 aromatic carbocycles. The third kappa shape index (κ3) is 3.97. The SMILES string of the molecule is Nc1nccc(NCC2(CO)CC(OCc3ccccc3)C2)n1. The van der Waals surface area contributed by atoms with Gasteiger partial charge in [-0.1, -0.05) is 30.3 Å². The number of hydrogen-bond donors (Lipinski definition) is 3. The number of nitrogens with zero attached hydrogens (tertiary/aromatic N) is 2. The lowest BCUT2D eigenvalue weighted by Gasteiger charge is -2.46. The molecular formula is C17H22N4O2. The van der Waals surface area contributed by atoms with Gasteiger partial charge >= 0.3 is 0 Å². The predicted molar refractivity (Wildman–Crippen MR) is 88.7 cm³/mol. The van der Waals surface area contributed by atoms with Gasteiger partial charge in [0.2, 0.25) is 5.95 Å². The van der Waals surface area contributed by atoms with E-state index >= 15 is 0 Å². The number of benzene rings is 1. The van der Waals surface area contributed by atoms with Crippen LogP contribution in [0.5, 0.6) is 0 Å². The first-order valence-corrected chi connectivity index (χ1v) is 7.78. The minimum atomic E-state index is -0.152. The van der Waals surface area contributed by atoms with Gasteiger partial charge in [0.15, 0.2) is 0 Å². The molecule has 6 heteroatoms. The van der Waals surface area contributed by atoms with Crippen LogP contribution in [0.3, 0.4) is 0 Å².